The van der Waals surface area contributed by atoms with Gasteiger partial charge in [0.15, 0.2) is 6.10 Å². The van der Waals surface area contributed by atoms with Gasteiger partial charge in [0.1, 0.15) is 0 Å². The Morgan fingerprint density at radius 3 is 2.57 bits per heavy atom. The Bertz CT molecular complexity index is 629. The van der Waals surface area contributed by atoms with E-state index in [1.165, 1.54) is 13.1 Å². The molecule has 1 amide bonds. The van der Waals surface area contributed by atoms with Crippen LogP contribution in [0.15, 0.2) is 48.8 Å². The van der Waals surface area contributed by atoms with Crippen LogP contribution >= 0.6 is 11.6 Å². The van der Waals surface area contributed by atoms with E-state index in [4.69, 9.17) is 16.3 Å². The number of esters is 1. The summed E-state index contributed by atoms with van der Waals surface area (Å²) in [5.41, 5.74) is 0.873. The number of amides is 1. The van der Waals surface area contributed by atoms with Crippen LogP contribution in [-0.2, 0) is 9.53 Å². The Balaban J connectivity index is 1.93. The molecule has 21 heavy (non-hydrogen) atoms. The van der Waals surface area contributed by atoms with Crippen LogP contribution < -0.4 is 5.32 Å². The predicted molar refractivity (Wildman–Crippen MR) is 79.2 cm³/mol. The minimum absolute atomic E-state index is 0.295. The summed E-state index contributed by atoms with van der Waals surface area (Å²) in [5, 5.41) is 3.21. The second kappa shape index (κ2) is 6.85. The number of anilines is 1. The van der Waals surface area contributed by atoms with Gasteiger partial charge in [-0.2, -0.15) is 0 Å². The topological polar surface area (TPSA) is 68.3 Å². The molecule has 6 heteroatoms. The van der Waals surface area contributed by atoms with Crippen molar-refractivity contribution in [3.8, 4) is 0 Å². The standard InChI is InChI=1S/C15H13ClN2O3/c1-10(21-15(20)11-3-2-8-17-9-11)14(19)18-13-6-4-12(16)5-7-13/h2-10H,1H3,(H,18,19)/t10-/m0/s1. The normalized spacial score (nSPS) is 11.5. The number of halogens is 1. The van der Waals surface area contributed by atoms with Gasteiger partial charge >= 0.3 is 5.97 Å². The number of ether oxygens (including phenoxy) is 1. The number of hydrogen-bond acceptors (Lipinski definition) is 4. The SMILES string of the molecule is C[C@H](OC(=O)c1cccnc1)C(=O)Nc1ccc(Cl)cc1. The number of carbonyl (C=O) groups is 2. The number of rotatable bonds is 4. The lowest BCUT2D eigenvalue weighted by Crippen LogP contribution is -2.30. The second-order valence-corrected chi connectivity index (χ2v) is 4.72. The van der Waals surface area contributed by atoms with Crippen LogP contribution in [0.4, 0.5) is 5.69 Å². The molecule has 0 aliphatic carbocycles. The molecule has 0 spiro atoms. The lowest BCUT2D eigenvalue weighted by atomic mass is 10.2. The summed E-state index contributed by atoms with van der Waals surface area (Å²) in [7, 11) is 0. The van der Waals surface area contributed by atoms with Gasteiger partial charge in [0.25, 0.3) is 5.91 Å². The molecular weight excluding hydrogens is 292 g/mol. The quantitative estimate of drug-likeness (QED) is 0.882. The third-order valence-electron chi connectivity index (χ3n) is 2.66. The molecule has 1 atom stereocenters. The summed E-state index contributed by atoms with van der Waals surface area (Å²) >= 11 is 5.76. The molecule has 1 heterocycles. The highest BCUT2D eigenvalue weighted by molar-refractivity contribution is 6.30. The fourth-order valence-corrected chi connectivity index (χ4v) is 1.67. The molecule has 0 bridgehead atoms. The minimum atomic E-state index is -0.923. The highest BCUT2D eigenvalue weighted by Gasteiger charge is 2.19. The van der Waals surface area contributed by atoms with Crippen LogP contribution in [0.2, 0.25) is 5.02 Å². The van der Waals surface area contributed by atoms with E-state index < -0.39 is 18.0 Å². The molecule has 0 radical (unpaired) electrons. The Morgan fingerprint density at radius 1 is 1.24 bits per heavy atom. The molecule has 0 aliphatic rings. The Kier molecular flexibility index (Phi) is 4.90. The van der Waals surface area contributed by atoms with Gasteiger partial charge in [-0.15, -0.1) is 0 Å². The molecule has 0 unspecified atom stereocenters. The van der Waals surface area contributed by atoms with Gasteiger partial charge in [0, 0.05) is 23.1 Å². The van der Waals surface area contributed by atoms with Gasteiger partial charge < -0.3 is 10.1 Å². The molecule has 2 aromatic rings. The van der Waals surface area contributed by atoms with Crippen molar-refractivity contribution < 1.29 is 14.3 Å². The average molecular weight is 305 g/mol. The third kappa shape index (κ3) is 4.29. The maximum atomic E-state index is 11.9. The summed E-state index contributed by atoms with van der Waals surface area (Å²) in [6.45, 7) is 1.50. The lowest BCUT2D eigenvalue weighted by molar-refractivity contribution is -0.123. The summed E-state index contributed by atoms with van der Waals surface area (Å²) in [4.78, 5) is 27.5. The van der Waals surface area contributed by atoms with Crippen LogP contribution in [0.25, 0.3) is 0 Å². The van der Waals surface area contributed by atoms with Gasteiger partial charge in [-0.05, 0) is 43.3 Å². The van der Waals surface area contributed by atoms with Crippen molar-refractivity contribution in [2.75, 3.05) is 5.32 Å². The zero-order valence-corrected chi connectivity index (χ0v) is 12.0. The molecule has 1 aromatic carbocycles. The number of hydrogen-bond donors (Lipinski definition) is 1. The van der Waals surface area contributed by atoms with Gasteiger partial charge in [-0.25, -0.2) is 4.79 Å². The molecule has 0 aliphatic heterocycles. The van der Waals surface area contributed by atoms with Crippen LogP contribution in [0.5, 0.6) is 0 Å². The van der Waals surface area contributed by atoms with Crippen molar-refractivity contribution in [1.82, 2.24) is 4.98 Å². The average Bonchev–Trinajstić information content (AvgIpc) is 2.50. The zero-order chi connectivity index (χ0) is 15.2. The number of aromatic nitrogens is 1. The summed E-state index contributed by atoms with van der Waals surface area (Å²) in [5.74, 6) is -1.02. The highest BCUT2D eigenvalue weighted by atomic mass is 35.5. The fraction of sp³-hybridized carbons (Fsp3) is 0.133. The smallest absolute Gasteiger partial charge is 0.340 e. The van der Waals surface area contributed by atoms with Crippen LogP contribution in [0.3, 0.4) is 0 Å². The second-order valence-electron chi connectivity index (χ2n) is 4.29. The third-order valence-corrected chi connectivity index (χ3v) is 2.91. The maximum Gasteiger partial charge on any atom is 0.340 e. The van der Waals surface area contributed by atoms with E-state index in [2.05, 4.69) is 10.3 Å². The minimum Gasteiger partial charge on any atom is -0.449 e. The first-order valence-electron chi connectivity index (χ1n) is 6.23. The highest BCUT2D eigenvalue weighted by Crippen LogP contribution is 2.14. The van der Waals surface area contributed by atoms with E-state index in [9.17, 15) is 9.59 Å². The Hall–Kier alpha value is -2.40. The van der Waals surface area contributed by atoms with E-state index in [0.717, 1.165) is 0 Å². The van der Waals surface area contributed by atoms with Crippen LogP contribution in [-0.4, -0.2) is 23.0 Å². The van der Waals surface area contributed by atoms with Gasteiger partial charge in [0.2, 0.25) is 0 Å². The van der Waals surface area contributed by atoms with E-state index in [0.29, 0.717) is 16.3 Å². The van der Waals surface area contributed by atoms with Crippen molar-refractivity contribution in [3.05, 3.63) is 59.4 Å². The molecule has 108 valence electrons. The molecule has 5 nitrogen and oxygen atoms in total. The zero-order valence-electron chi connectivity index (χ0n) is 11.2. The number of pyridine rings is 1. The molecule has 0 fully saturated rings. The van der Waals surface area contributed by atoms with Gasteiger partial charge in [0.05, 0.1) is 5.56 Å². The largest absolute Gasteiger partial charge is 0.449 e. The molecule has 1 aromatic heterocycles. The van der Waals surface area contributed by atoms with Crippen molar-refractivity contribution >= 4 is 29.2 Å². The van der Waals surface area contributed by atoms with E-state index in [-0.39, 0.29) is 0 Å². The summed E-state index contributed by atoms with van der Waals surface area (Å²) < 4.78 is 5.08. The van der Waals surface area contributed by atoms with Crippen LogP contribution in [0, 0.1) is 0 Å². The first-order valence-corrected chi connectivity index (χ1v) is 6.61. The van der Waals surface area contributed by atoms with E-state index in [1.54, 1.807) is 42.6 Å². The van der Waals surface area contributed by atoms with Crippen molar-refractivity contribution in [1.29, 1.82) is 0 Å². The van der Waals surface area contributed by atoms with E-state index >= 15 is 0 Å². The first kappa shape index (κ1) is 15.0. The first-order chi connectivity index (χ1) is 10.1. The monoisotopic (exact) mass is 304 g/mol. The number of benzene rings is 1. The molecule has 2 rings (SSSR count). The number of nitrogens with one attached hydrogen (secondary N) is 1. The number of nitrogens with zero attached hydrogens (tertiary/aromatic N) is 1. The lowest BCUT2D eigenvalue weighted by Gasteiger charge is -2.13. The van der Waals surface area contributed by atoms with Gasteiger partial charge in [-0.3, -0.25) is 9.78 Å². The van der Waals surface area contributed by atoms with Crippen LogP contribution in [0.1, 0.15) is 17.3 Å². The van der Waals surface area contributed by atoms with Gasteiger partial charge in [-0.1, -0.05) is 11.6 Å². The summed E-state index contributed by atoms with van der Waals surface area (Å²) in [6, 6.07) is 9.83. The summed E-state index contributed by atoms with van der Waals surface area (Å²) in [6.07, 6.45) is 2.01. The molecule has 0 saturated carbocycles. The van der Waals surface area contributed by atoms with Crippen molar-refractivity contribution in [2.24, 2.45) is 0 Å². The molecule has 1 N–H and O–H groups in total. The van der Waals surface area contributed by atoms with Crippen molar-refractivity contribution in [3.63, 3.8) is 0 Å². The van der Waals surface area contributed by atoms with Crippen molar-refractivity contribution in [2.45, 2.75) is 13.0 Å². The maximum absolute atomic E-state index is 11.9. The fourth-order valence-electron chi connectivity index (χ4n) is 1.54. The molecular formula is C15H13ClN2O3. The Labute approximate surface area is 126 Å². The van der Waals surface area contributed by atoms with E-state index in [1.807, 2.05) is 0 Å². The number of carbonyl (C=O) groups excluding carboxylic acids is 2. The Morgan fingerprint density at radius 2 is 1.95 bits per heavy atom. The molecule has 0 saturated heterocycles. The predicted octanol–water partition coefficient (Wildman–Crippen LogP) is 2.92.